The lowest BCUT2D eigenvalue weighted by atomic mass is 9.73. The van der Waals surface area contributed by atoms with E-state index in [1.165, 1.54) is 0 Å². The van der Waals surface area contributed by atoms with Crippen LogP contribution < -0.4 is 10.1 Å². The Labute approximate surface area is 160 Å². The smallest absolute Gasteiger partial charge is 0.230 e. The van der Waals surface area contributed by atoms with Gasteiger partial charge in [-0.3, -0.25) is 4.79 Å². The highest BCUT2D eigenvalue weighted by molar-refractivity contribution is 5.88. The third-order valence-corrected chi connectivity index (χ3v) is 5.41. The first kappa shape index (κ1) is 19.4. The minimum atomic E-state index is -1.14. The van der Waals surface area contributed by atoms with Crippen molar-refractivity contribution >= 4 is 5.91 Å². The molecule has 1 aliphatic heterocycles. The molecule has 2 aromatic rings. The van der Waals surface area contributed by atoms with Crippen molar-refractivity contribution in [1.29, 1.82) is 0 Å². The van der Waals surface area contributed by atoms with Crippen molar-refractivity contribution in [3.05, 3.63) is 65.7 Å². The van der Waals surface area contributed by atoms with Gasteiger partial charge in [0.15, 0.2) is 0 Å². The lowest BCUT2D eigenvalue weighted by molar-refractivity contribution is -0.131. The molecule has 5 heteroatoms. The van der Waals surface area contributed by atoms with Crippen LogP contribution >= 0.6 is 0 Å². The quantitative estimate of drug-likeness (QED) is 0.822. The Bertz CT molecular complexity index is 750. The first-order valence-corrected chi connectivity index (χ1v) is 9.26. The molecule has 1 amide bonds. The van der Waals surface area contributed by atoms with E-state index in [1.54, 1.807) is 14.0 Å². The second kappa shape index (κ2) is 8.11. The molecule has 0 saturated carbocycles. The van der Waals surface area contributed by atoms with E-state index in [0.717, 1.165) is 16.9 Å². The molecule has 2 N–H and O–H groups in total. The number of hydrogen-bond acceptors (Lipinski definition) is 4. The number of ether oxygens (including phenoxy) is 2. The fourth-order valence-electron chi connectivity index (χ4n) is 3.60. The monoisotopic (exact) mass is 369 g/mol. The van der Waals surface area contributed by atoms with Crippen molar-refractivity contribution < 1.29 is 19.4 Å². The summed E-state index contributed by atoms with van der Waals surface area (Å²) in [4.78, 5) is 13.2. The maximum absolute atomic E-state index is 13.2. The van der Waals surface area contributed by atoms with Crippen LogP contribution in [0.2, 0.25) is 0 Å². The van der Waals surface area contributed by atoms with E-state index in [1.807, 2.05) is 54.6 Å². The maximum atomic E-state index is 13.2. The number of nitrogens with one attached hydrogen (secondary N) is 1. The van der Waals surface area contributed by atoms with E-state index < -0.39 is 11.0 Å². The number of aliphatic hydroxyl groups is 1. The second-order valence-corrected chi connectivity index (χ2v) is 7.25. The van der Waals surface area contributed by atoms with E-state index in [-0.39, 0.29) is 12.5 Å². The normalized spacial score (nSPS) is 18.3. The Morgan fingerprint density at radius 2 is 1.78 bits per heavy atom. The molecule has 1 aliphatic rings. The number of benzene rings is 2. The molecule has 0 radical (unpaired) electrons. The summed E-state index contributed by atoms with van der Waals surface area (Å²) in [6.07, 6.45) is 1.22. The van der Waals surface area contributed by atoms with Crippen molar-refractivity contribution in [3.63, 3.8) is 0 Å². The third-order valence-electron chi connectivity index (χ3n) is 5.41. The number of hydrogen-bond donors (Lipinski definition) is 2. The Balaban J connectivity index is 1.79. The minimum absolute atomic E-state index is 0.0767. The number of amides is 1. The lowest BCUT2D eigenvalue weighted by Gasteiger charge is -2.37. The summed E-state index contributed by atoms with van der Waals surface area (Å²) < 4.78 is 10.7. The van der Waals surface area contributed by atoms with Crippen LogP contribution in [0.4, 0.5) is 0 Å². The Hall–Kier alpha value is -2.37. The maximum Gasteiger partial charge on any atom is 0.230 e. The molecule has 0 aliphatic carbocycles. The molecule has 27 heavy (non-hydrogen) atoms. The van der Waals surface area contributed by atoms with Gasteiger partial charge in [0.1, 0.15) is 11.4 Å². The molecular weight excluding hydrogens is 342 g/mol. The van der Waals surface area contributed by atoms with Crippen LogP contribution in [0, 0.1) is 0 Å². The average Bonchev–Trinajstić information content (AvgIpc) is 2.73. The molecule has 0 aromatic heterocycles. The summed E-state index contributed by atoms with van der Waals surface area (Å²) >= 11 is 0. The van der Waals surface area contributed by atoms with Crippen LogP contribution in [0.1, 0.15) is 30.9 Å². The lowest BCUT2D eigenvalue weighted by Crippen LogP contribution is -2.51. The highest BCUT2D eigenvalue weighted by Gasteiger charge is 2.42. The molecular formula is C22H27NO4. The first-order chi connectivity index (χ1) is 13.0. The van der Waals surface area contributed by atoms with E-state index in [4.69, 9.17) is 9.47 Å². The van der Waals surface area contributed by atoms with Crippen LogP contribution in [0.15, 0.2) is 54.6 Å². The number of rotatable bonds is 6. The molecule has 1 saturated heterocycles. The zero-order valence-corrected chi connectivity index (χ0v) is 15.9. The van der Waals surface area contributed by atoms with Gasteiger partial charge in [-0.05, 0) is 43.0 Å². The van der Waals surface area contributed by atoms with Gasteiger partial charge in [0.2, 0.25) is 5.91 Å². The zero-order chi connectivity index (χ0) is 19.3. The van der Waals surface area contributed by atoms with Crippen molar-refractivity contribution in [2.75, 3.05) is 26.9 Å². The summed E-state index contributed by atoms with van der Waals surface area (Å²) in [5.41, 5.74) is -0.0697. The molecule has 5 nitrogen and oxygen atoms in total. The van der Waals surface area contributed by atoms with E-state index in [2.05, 4.69) is 5.32 Å². The van der Waals surface area contributed by atoms with Crippen molar-refractivity contribution in [2.24, 2.45) is 0 Å². The van der Waals surface area contributed by atoms with Crippen LogP contribution in [0.5, 0.6) is 5.75 Å². The van der Waals surface area contributed by atoms with Gasteiger partial charge in [-0.15, -0.1) is 0 Å². The van der Waals surface area contributed by atoms with Gasteiger partial charge >= 0.3 is 0 Å². The van der Waals surface area contributed by atoms with Crippen LogP contribution in [-0.2, 0) is 20.5 Å². The van der Waals surface area contributed by atoms with Gasteiger partial charge in [-0.25, -0.2) is 0 Å². The Morgan fingerprint density at radius 3 is 2.37 bits per heavy atom. The van der Waals surface area contributed by atoms with Crippen molar-refractivity contribution in [2.45, 2.75) is 30.8 Å². The first-order valence-electron chi connectivity index (χ1n) is 9.26. The zero-order valence-electron chi connectivity index (χ0n) is 15.9. The predicted molar refractivity (Wildman–Crippen MR) is 104 cm³/mol. The average molecular weight is 369 g/mol. The van der Waals surface area contributed by atoms with Crippen LogP contribution in [0.3, 0.4) is 0 Å². The molecule has 3 rings (SSSR count). The fourth-order valence-corrected chi connectivity index (χ4v) is 3.60. The van der Waals surface area contributed by atoms with E-state index in [0.29, 0.717) is 26.1 Å². The van der Waals surface area contributed by atoms with Gasteiger partial charge < -0.3 is 19.9 Å². The highest BCUT2D eigenvalue weighted by Crippen LogP contribution is 2.36. The van der Waals surface area contributed by atoms with Gasteiger partial charge in [0.05, 0.1) is 19.1 Å². The van der Waals surface area contributed by atoms with Crippen LogP contribution in [-0.4, -0.2) is 37.9 Å². The second-order valence-electron chi connectivity index (χ2n) is 7.25. The molecule has 1 unspecified atom stereocenters. The molecule has 0 spiro atoms. The molecule has 2 aromatic carbocycles. The topological polar surface area (TPSA) is 67.8 Å². The summed E-state index contributed by atoms with van der Waals surface area (Å²) in [5, 5.41) is 13.8. The summed E-state index contributed by atoms with van der Waals surface area (Å²) in [7, 11) is 1.62. The van der Waals surface area contributed by atoms with E-state index in [9.17, 15) is 9.90 Å². The Morgan fingerprint density at radius 1 is 1.15 bits per heavy atom. The molecule has 1 fully saturated rings. The van der Waals surface area contributed by atoms with Gasteiger partial charge in [0.25, 0.3) is 0 Å². The number of carbonyl (C=O) groups excluding carboxylic acids is 1. The summed E-state index contributed by atoms with van der Waals surface area (Å²) in [6, 6.07) is 17.0. The highest BCUT2D eigenvalue weighted by atomic mass is 16.5. The SMILES string of the molecule is COc1ccc(C2(C(=O)NCC(C)(O)c3ccccc3)CCOCC2)cc1. The Kier molecular flexibility index (Phi) is 5.82. The summed E-state index contributed by atoms with van der Waals surface area (Å²) in [5.74, 6) is 0.681. The third kappa shape index (κ3) is 4.15. The molecule has 144 valence electrons. The minimum Gasteiger partial charge on any atom is -0.497 e. The standard InChI is InChI=1S/C22H27NO4/c1-21(25,17-6-4-3-5-7-17)16-23-20(24)22(12-14-27-15-13-22)18-8-10-19(26-2)11-9-18/h3-11,25H,12-16H2,1-2H3,(H,23,24). The van der Waals surface area contributed by atoms with Crippen molar-refractivity contribution in [1.82, 2.24) is 5.32 Å². The molecule has 0 bridgehead atoms. The predicted octanol–water partition coefficient (Wildman–Crippen LogP) is 2.77. The van der Waals surface area contributed by atoms with Crippen molar-refractivity contribution in [3.8, 4) is 5.75 Å². The van der Waals surface area contributed by atoms with Gasteiger partial charge in [-0.2, -0.15) is 0 Å². The van der Waals surface area contributed by atoms with Gasteiger partial charge in [0, 0.05) is 13.2 Å². The largest absolute Gasteiger partial charge is 0.497 e. The molecule has 1 heterocycles. The molecule has 1 atom stereocenters. The number of carbonyl (C=O) groups is 1. The van der Waals surface area contributed by atoms with Gasteiger partial charge in [-0.1, -0.05) is 42.5 Å². The summed E-state index contributed by atoms with van der Waals surface area (Å²) in [6.45, 7) is 2.93. The van der Waals surface area contributed by atoms with Crippen LogP contribution in [0.25, 0.3) is 0 Å². The van der Waals surface area contributed by atoms with E-state index >= 15 is 0 Å². The number of methoxy groups -OCH3 is 1. The fraction of sp³-hybridized carbons (Fsp3) is 0.409.